The van der Waals surface area contributed by atoms with Gasteiger partial charge in [0.15, 0.2) is 5.82 Å². The first kappa shape index (κ1) is 17.7. The monoisotopic (exact) mass is 359 g/mol. The zero-order valence-corrected chi connectivity index (χ0v) is 16.0. The summed E-state index contributed by atoms with van der Waals surface area (Å²) >= 11 is 0. The number of ether oxygens (including phenoxy) is 1. The van der Waals surface area contributed by atoms with Crippen LogP contribution < -0.4 is 0 Å². The van der Waals surface area contributed by atoms with Crippen molar-refractivity contribution in [2.45, 2.75) is 70.6 Å². The summed E-state index contributed by atoms with van der Waals surface area (Å²) in [5.41, 5.74) is 2.66. The summed E-state index contributed by atoms with van der Waals surface area (Å²) in [4.78, 5) is 6.79. The van der Waals surface area contributed by atoms with Crippen molar-refractivity contribution < 1.29 is 9.26 Å². The van der Waals surface area contributed by atoms with Gasteiger partial charge in [-0.3, -0.25) is 9.58 Å². The number of aromatic nitrogens is 4. The molecule has 0 N–H and O–H groups in total. The maximum atomic E-state index is 6.05. The average molecular weight is 359 g/mol. The summed E-state index contributed by atoms with van der Waals surface area (Å²) in [6, 6.07) is 0. The van der Waals surface area contributed by atoms with Gasteiger partial charge in [0.1, 0.15) is 6.10 Å². The Bertz CT molecular complexity index is 734. The van der Waals surface area contributed by atoms with Crippen molar-refractivity contribution in [3.05, 3.63) is 29.2 Å². The second kappa shape index (κ2) is 7.48. The molecule has 0 bridgehead atoms. The summed E-state index contributed by atoms with van der Waals surface area (Å²) in [6.07, 6.45) is 8.73. The quantitative estimate of drug-likeness (QED) is 0.835. The number of rotatable bonds is 4. The van der Waals surface area contributed by atoms with Gasteiger partial charge in [0, 0.05) is 44.4 Å². The van der Waals surface area contributed by atoms with Crippen LogP contribution in [0.2, 0.25) is 0 Å². The summed E-state index contributed by atoms with van der Waals surface area (Å²) in [5, 5.41) is 8.72. The highest BCUT2D eigenvalue weighted by Crippen LogP contribution is 2.34. The first-order valence-corrected chi connectivity index (χ1v) is 9.79. The average Bonchev–Trinajstić information content (AvgIpc) is 3.21. The van der Waals surface area contributed by atoms with Crippen LogP contribution in [0, 0.1) is 6.92 Å². The third-order valence-electron chi connectivity index (χ3n) is 5.48. The van der Waals surface area contributed by atoms with Crippen LogP contribution in [0.5, 0.6) is 0 Å². The van der Waals surface area contributed by atoms with Crippen LogP contribution in [0.15, 0.2) is 10.7 Å². The lowest BCUT2D eigenvalue weighted by Gasteiger charge is -2.35. The Balaban J connectivity index is 1.49. The molecule has 0 amide bonds. The first-order chi connectivity index (χ1) is 12.6. The zero-order chi connectivity index (χ0) is 18.1. The lowest BCUT2D eigenvalue weighted by Crippen LogP contribution is -2.42. The van der Waals surface area contributed by atoms with Crippen molar-refractivity contribution in [3.8, 4) is 0 Å². The Morgan fingerprint density at radius 1 is 1.19 bits per heavy atom. The van der Waals surface area contributed by atoms with Gasteiger partial charge < -0.3 is 9.26 Å². The summed E-state index contributed by atoms with van der Waals surface area (Å²) < 4.78 is 13.4. The number of hydrogen-bond donors (Lipinski definition) is 0. The Labute approximate surface area is 154 Å². The van der Waals surface area contributed by atoms with E-state index >= 15 is 0 Å². The third-order valence-corrected chi connectivity index (χ3v) is 5.48. The van der Waals surface area contributed by atoms with E-state index in [1.807, 2.05) is 18.7 Å². The topological polar surface area (TPSA) is 69.2 Å². The fourth-order valence-corrected chi connectivity index (χ4v) is 4.39. The highest BCUT2D eigenvalue weighted by molar-refractivity contribution is 5.22. The van der Waals surface area contributed by atoms with E-state index in [1.54, 1.807) is 0 Å². The van der Waals surface area contributed by atoms with Crippen molar-refractivity contribution in [2.75, 3.05) is 13.1 Å². The molecule has 1 aliphatic heterocycles. The summed E-state index contributed by atoms with van der Waals surface area (Å²) in [5.74, 6) is 1.85. The molecule has 2 aromatic heterocycles. The Morgan fingerprint density at radius 2 is 2.00 bits per heavy atom. The van der Waals surface area contributed by atoms with Gasteiger partial charge in [-0.15, -0.1) is 0 Å². The van der Waals surface area contributed by atoms with Gasteiger partial charge >= 0.3 is 0 Å². The number of morpholine rings is 1. The van der Waals surface area contributed by atoms with Crippen molar-refractivity contribution in [2.24, 2.45) is 7.05 Å². The molecule has 7 heteroatoms. The van der Waals surface area contributed by atoms with Gasteiger partial charge in [0.25, 0.3) is 5.89 Å². The summed E-state index contributed by atoms with van der Waals surface area (Å²) in [7, 11) is 2.03. The van der Waals surface area contributed by atoms with Gasteiger partial charge in [-0.05, 0) is 26.7 Å². The predicted octanol–water partition coefficient (Wildman–Crippen LogP) is 3.12. The lowest BCUT2D eigenvalue weighted by molar-refractivity contribution is -0.0931. The third kappa shape index (κ3) is 3.83. The lowest BCUT2D eigenvalue weighted by atomic mass is 9.85. The van der Waals surface area contributed by atoms with E-state index in [4.69, 9.17) is 14.4 Å². The molecule has 2 atom stereocenters. The van der Waals surface area contributed by atoms with Crippen LogP contribution in [-0.2, 0) is 18.3 Å². The van der Waals surface area contributed by atoms with Crippen LogP contribution in [0.4, 0.5) is 0 Å². The minimum atomic E-state index is -0.158. The minimum Gasteiger partial charge on any atom is -0.363 e. The maximum absolute atomic E-state index is 6.05. The van der Waals surface area contributed by atoms with Gasteiger partial charge in [0.05, 0.1) is 11.8 Å². The molecular formula is C19H29N5O2. The van der Waals surface area contributed by atoms with Gasteiger partial charge in [-0.2, -0.15) is 10.1 Å². The second-order valence-electron chi connectivity index (χ2n) is 7.86. The SMILES string of the molecule is Cc1noc([C@H]2CN(Cc3cn(C)nc3C3CCCCC3)C[C@@H](C)O2)n1. The van der Waals surface area contributed by atoms with E-state index in [0.29, 0.717) is 17.6 Å². The molecule has 2 fully saturated rings. The van der Waals surface area contributed by atoms with Gasteiger partial charge in [-0.1, -0.05) is 24.4 Å². The van der Waals surface area contributed by atoms with E-state index in [0.717, 1.165) is 19.6 Å². The van der Waals surface area contributed by atoms with Crippen molar-refractivity contribution in [3.63, 3.8) is 0 Å². The van der Waals surface area contributed by atoms with Crippen molar-refractivity contribution >= 4 is 0 Å². The molecule has 1 saturated heterocycles. The highest BCUT2D eigenvalue weighted by atomic mass is 16.5. The largest absolute Gasteiger partial charge is 0.363 e. The molecule has 2 aliphatic rings. The number of aryl methyl sites for hydroxylation is 2. The fraction of sp³-hybridized carbons (Fsp3) is 0.737. The van der Waals surface area contributed by atoms with E-state index in [2.05, 4.69) is 28.2 Å². The summed E-state index contributed by atoms with van der Waals surface area (Å²) in [6.45, 7) is 6.52. The van der Waals surface area contributed by atoms with Gasteiger partial charge in [-0.25, -0.2) is 0 Å². The van der Waals surface area contributed by atoms with Crippen LogP contribution in [0.1, 0.15) is 74.0 Å². The molecule has 4 rings (SSSR count). The van der Waals surface area contributed by atoms with E-state index < -0.39 is 0 Å². The van der Waals surface area contributed by atoms with E-state index in [-0.39, 0.29) is 12.2 Å². The number of hydrogen-bond acceptors (Lipinski definition) is 6. The van der Waals surface area contributed by atoms with Crippen LogP contribution in [-0.4, -0.2) is 44.0 Å². The minimum absolute atomic E-state index is 0.135. The molecule has 1 saturated carbocycles. The van der Waals surface area contributed by atoms with Crippen LogP contribution >= 0.6 is 0 Å². The van der Waals surface area contributed by atoms with Gasteiger partial charge in [0.2, 0.25) is 0 Å². The molecule has 0 unspecified atom stereocenters. The molecular weight excluding hydrogens is 330 g/mol. The highest BCUT2D eigenvalue weighted by Gasteiger charge is 2.31. The first-order valence-electron chi connectivity index (χ1n) is 9.79. The molecule has 0 aromatic carbocycles. The maximum Gasteiger partial charge on any atom is 0.257 e. The Hall–Kier alpha value is -1.73. The van der Waals surface area contributed by atoms with E-state index in [1.165, 1.54) is 43.4 Å². The molecule has 26 heavy (non-hydrogen) atoms. The van der Waals surface area contributed by atoms with Crippen molar-refractivity contribution in [1.82, 2.24) is 24.8 Å². The molecule has 0 spiro atoms. The molecule has 142 valence electrons. The normalized spacial score (nSPS) is 25.7. The Morgan fingerprint density at radius 3 is 2.73 bits per heavy atom. The molecule has 2 aromatic rings. The molecule has 7 nitrogen and oxygen atoms in total. The Kier molecular flexibility index (Phi) is 5.09. The molecule has 0 radical (unpaired) electrons. The predicted molar refractivity (Wildman–Crippen MR) is 96.6 cm³/mol. The molecule has 1 aliphatic carbocycles. The van der Waals surface area contributed by atoms with E-state index in [9.17, 15) is 0 Å². The fourth-order valence-electron chi connectivity index (χ4n) is 4.39. The standard InChI is InChI=1S/C19H29N5O2/c1-13-9-24(12-17(25-13)19-20-14(2)22-26-19)11-16-10-23(3)21-18(16)15-7-5-4-6-8-15/h10,13,15,17H,4-9,11-12H2,1-3H3/t13-,17-/m1/s1. The van der Waals surface area contributed by atoms with Crippen molar-refractivity contribution in [1.29, 1.82) is 0 Å². The zero-order valence-electron chi connectivity index (χ0n) is 16.0. The number of nitrogens with zero attached hydrogens (tertiary/aromatic N) is 5. The second-order valence-corrected chi connectivity index (χ2v) is 7.86. The molecule has 3 heterocycles. The smallest absolute Gasteiger partial charge is 0.257 e. The van der Waals surface area contributed by atoms with Crippen LogP contribution in [0.3, 0.4) is 0 Å². The van der Waals surface area contributed by atoms with Crippen LogP contribution in [0.25, 0.3) is 0 Å².